The van der Waals surface area contributed by atoms with Gasteiger partial charge in [0.15, 0.2) is 5.69 Å². The predicted molar refractivity (Wildman–Crippen MR) is 84.6 cm³/mol. The first-order valence-electron chi connectivity index (χ1n) is 7.08. The molecule has 1 unspecified atom stereocenters. The molecule has 0 radical (unpaired) electrons. The van der Waals surface area contributed by atoms with Crippen molar-refractivity contribution in [3.05, 3.63) is 46.4 Å². The van der Waals surface area contributed by atoms with Gasteiger partial charge in [0.25, 0.3) is 5.91 Å². The van der Waals surface area contributed by atoms with Gasteiger partial charge in [0.2, 0.25) is 0 Å². The second-order valence-electron chi connectivity index (χ2n) is 5.35. The first-order chi connectivity index (χ1) is 10.5. The van der Waals surface area contributed by atoms with E-state index >= 15 is 0 Å². The molecule has 2 heterocycles. The van der Waals surface area contributed by atoms with E-state index in [9.17, 15) is 9.18 Å². The third-order valence-corrected chi connectivity index (χ3v) is 4.20. The average Bonchev–Trinajstić information content (AvgIpc) is 2.89. The Labute approximate surface area is 136 Å². The van der Waals surface area contributed by atoms with E-state index in [2.05, 4.69) is 26.3 Å². The van der Waals surface area contributed by atoms with E-state index in [-0.39, 0.29) is 17.8 Å². The number of rotatable bonds is 2. The summed E-state index contributed by atoms with van der Waals surface area (Å²) in [6, 6.07) is 6.25. The number of halogens is 2. The van der Waals surface area contributed by atoms with Crippen LogP contribution in [0.4, 0.5) is 4.39 Å². The van der Waals surface area contributed by atoms with Crippen LogP contribution in [0.2, 0.25) is 0 Å². The molecule has 7 heteroatoms. The summed E-state index contributed by atoms with van der Waals surface area (Å²) in [5, 5.41) is 7.65. The van der Waals surface area contributed by atoms with Crippen molar-refractivity contribution in [2.75, 3.05) is 19.6 Å². The molecule has 1 fully saturated rings. The molecular formula is C15H16BrFN4O. The van der Waals surface area contributed by atoms with Crippen LogP contribution in [0.25, 0.3) is 5.69 Å². The van der Waals surface area contributed by atoms with Crippen LogP contribution >= 0.6 is 15.9 Å². The Bertz CT molecular complexity index is 685. The number of carbonyl (C=O) groups excluding carboxylic acids is 1. The van der Waals surface area contributed by atoms with Crippen LogP contribution < -0.4 is 5.32 Å². The predicted octanol–water partition coefficient (Wildman–Crippen LogP) is 2.21. The van der Waals surface area contributed by atoms with Crippen molar-refractivity contribution in [3.8, 4) is 5.69 Å². The van der Waals surface area contributed by atoms with Gasteiger partial charge in [0, 0.05) is 31.9 Å². The summed E-state index contributed by atoms with van der Waals surface area (Å²) < 4.78 is 15.2. The van der Waals surface area contributed by atoms with Gasteiger partial charge in [0.1, 0.15) is 5.82 Å². The summed E-state index contributed by atoms with van der Waals surface area (Å²) in [7, 11) is 0. The van der Waals surface area contributed by atoms with E-state index in [1.807, 2.05) is 6.92 Å². The third kappa shape index (κ3) is 3.05. The first kappa shape index (κ1) is 15.2. The van der Waals surface area contributed by atoms with Crippen molar-refractivity contribution in [1.82, 2.24) is 20.0 Å². The number of benzene rings is 1. The molecule has 1 N–H and O–H groups in total. The Morgan fingerprint density at radius 2 is 2.14 bits per heavy atom. The molecule has 0 aliphatic carbocycles. The number of hydrogen-bond donors (Lipinski definition) is 1. The fourth-order valence-corrected chi connectivity index (χ4v) is 2.93. The van der Waals surface area contributed by atoms with Crippen LogP contribution in [0.1, 0.15) is 17.4 Å². The monoisotopic (exact) mass is 366 g/mol. The van der Waals surface area contributed by atoms with Crippen LogP contribution in [0.3, 0.4) is 0 Å². The van der Waals surface area contributed by atoms with Crippen molar-refractivity contribution in [1.29, 1.82) is 0 Å². The number of nitrogens with zero attached hydrogens (tertiary/aromatic N) is 3. The highest BCUT2D eigenvalue weighted by atomic mass is 79.9. The van der Waals surface area contributed by atoms with Crippen molar-refractivity contribution in [2.45, 2.75) is 13.0 Å². The lowest BCUT2D eigenvalue weighted by molar-refractivity contribution is 0.0701. The number of nitrogens with one attached hydrogen (secondary N) is 1. The lowest BCUT2D eigenvalue weighted by Gasteiger charge is -2.31. The molecular weight excluding hydrogens is 351 g/mol. The normalized spacial score (nSPS) is 18.5. The van der Waals surface area contributed by atoms with Crippen LogP contribution in [0, 0.1) is 5.82 Å². The fourth-order valence-electron chi connectivity index (χ4n) is 2.49. The Balaban J connectivity index is 1.85. The van der Waals surface area contributed by atoms with Gasteiger partial charge < -0.3 is 10.2 Å². The molecule has 3 rings (SSSR count). The SMILES string of the molecule is CC1CN(C(=O)c2nn(-c3ccc(F)cc3)cc2Br)CCN1. The summed E-state index contributed by atoms with van der Waals surface area (Å²) in [6.45, 7) is 4.16. The highest BCUT2D eigenvalue weighted by Gasteiger charge is 2.25. The Morgan fingerprint density at radius 3 is 2.82 bits per heavy atom. The molecule has 116 valence electrons. The number of carbonyl (C=O) groups is 1. The zero-order valence-electron chi connectivity index (χ0n) is 12.1. The van der Waals surface area contributed by atoms with Gasteiger partial charge in [-0.15, -0.1) is 0 Å². The summed E-state index contributed by atoms with van der Waals surface area (Å²) >= 11 is 3.39. The van der Waals surface area contributed by atoms with Crippen molar-refractivity contribution in [3.63, 3.8) is 0 Å². The number of piperazine rings is 1. The quantitative estimate of drug-likeness (QED) is 0.886. The van der Waals surface area contributed by atoms with Gasteiger partial charge in [-0.1, -0.05) is 0 Å². The van der Waals surface area contributed by atoms with Gasteiger partial charge >= 0.3 is 0 Å². The zero-order valence-corrected chi connectivity index (χ0v) is 13.7. The Morgan fingerprint density at radius 1 is 1.41 bits per heavy atom. The standard InChI is InChI=1S/C15H16BrFN4O/c1-10-8-20(7-6-18-10)15(22)14-13(16)9-21(19-14)12-4-2-11(17)3-5-12/h2-5,9-10,18H,6-8H2,1H3. The fraction of sp³-hybridized carbons (Fsp3) is 0.333. The number of amides is 1. The highest BCUT2D eigenvalue weighted by molar-refractivity contribution is 9.10. The van der Waals surface area contributed by atoms with E-state index in [1.165, 1.54) is 12.1 Å². The van der Waals surface area contributed by atoms with Crippen LogP contribution in [0.5, 0.6) is 0 Å². The first-order valence-corrected chi connectivity index (χ1v) is 7.87. The van der Waals surface area contributed by atoms with Gasteiger partial charge in [-0.3, -0.25) is 4.79 Å². The molecule has 1 aliphatic heterocycles. The maximum absolute atomic E-state index is 13.0. The van der Waals surface area contributed by atoms with E-state index in [4.69, 9.17) is 0 Å². The van der Waals surface area contributed by atoms with Crippen LogP contribution in [-0.2, 0) is 0 Å². The summed E-state index contributed by atoms with van der Waals surface area (Å²) in [5.41, 5.74) is 1.08. The van der Waals surface area contributed by atoms with Gasteiger partial charge in [-0.05, 0) is 47.1 Å². The van der Waals surface area contributed by atoms with E-state index in [0.717, 1.165) is 6.54 Å². The minimum atomic E-state index is -0.305. The minimum absolute atomic E-state index is 0.0962. The van der Waals surface area contributed by atoms with Gasteiger partial charge in [-0.25, -0.2) is 9.07 Å². The molecule has 0 saturated carbocycles. The second kappa shape index (κ2) is 6.18. The molecule has 5 nitrogen and oxygen atoms in total. The summed E-state index contributed by atoms with van der Waals surface area (Å²) in [5.74, 6) is -0.401. The maximum Gasteiger partial charge on any atom is 0.275 e. The van der Waals surface area contributed by atoms with E-state index in [1.54, 1.807) is 27.9 Å². The molecule has 1 atom stereocenters. The van der Waals surface area contributed by atoms with Crippen molar-refractivity contribution in [2.24, 2.45) is 0 Å². The third-order valence-electron chi connectivity index (χ3n) is 3.62. The molecule has 0 bridgehead atoms. The maximum atomic E-state index is 13.0. The molecule has 1 aromatic carbocycles. The summed E-state index contributed by atoms with van der Waals surface area (Å²) in [6.07, 6.45) is 1.71. The Kier molecular flexibility index (Phi) is 4.26. The second-order valence-corrected chi connectivity index (χ2v) is 6.21. The molecule has 1 amide bonds. The number of aromatic nitrogens is 2. The van der Waals surface area contributed by atoms with E-state index < -0.39 is 0 Å². The molecule has 1 aliphatic rings. The summed E-state index contributed by atoms with van der Waals surface area (Å²) in [4.78, 5) is 14.4. The van der Waals surface area contributed by atoms with Gasteiger partial charge in [0.05, 0.1) is 10.2 Å². The molecule has 1 aromatic heterocycles. The smallest absolute Gasteiger partial charge is 0.275 e. The van der Waals surface area contributed by atoms with Crippen molar-refractivity contribution < 1.29 is 9.18 Å². The lowest BCUT2D eigenvalue weighted by Crippen LogP contribution is -2.51. The lowest BCUT2D eigenvalue weighted by atomic mass is 10.2. The van der Waals surface area contributed by atoms with Crippen molar-refractivity contribution >= 4 is 21.8 Å². The Hall–Kier alpha value is -1.73. The molecule has 0 spiro atoms. The largest absolute Gasteiger partial charge is 0.334 e. The van der Waals surface area contributed by atoms with Gasteiger partial charge in [-0.2, -0.15) is 5.10 Å². The average molecular weight is 367 g/mol. The van der Waals surface area contributed by atoms with E-state index in [0.29, 0.717) is 28.9 Å². The highest BCUT2D eigenvalue weighted by Crippen LogP contribution is 2.20. The topological polar surface area (TPSA) is 50.2 Å². The minimum Gasteiger partial charge on any atom is -0.334 e. The van der Waals surface area contributed by atoms with Crippen LogP contribution in [-0.4, -0.2) is 46.3 Å². The molecule has 1 saturated heterocycles. The zero-order chi connectivity index (χ0) is 15.7. The molecule has 22 heavy (non-hydrogen) atoms. The number of hydrogen-bond acceptors (Lipinski definition) is 3. The molecule has 2 aromatic rings. The van der Waals surface area contributed by atoms with Crippen LogP contribution in [0.15, 0.2) is 34.9 Å².